The predicted molar refractivity (Wildman–Crippen MR) is 135 cm³/mol. The Kier molecular flexibility index (Phi) is 9.52. The lowest BCUT2D eigenvalue weighted by Crippen LogP contribution is -2.21. The number of amides is 1. The monoisotopic (exact) mass is 490 g/mol. The zero-order valence-corrected chi connectivity index (χ0v) is 21.6. The van der Waals surface area contributed by atoms with Gasteiger partial charge in [0.15, 0.2) is 0 Å². The molecule has 0 aliphatic heterocycles. The van der Waals surface area contributed by atoms with Gasteiger partial charge in [-0.2, -0.15) is 18.3 Å². The number of halogens is 3. The van der Waals surface area contributed by atoms with E-state index in [9.17, 15) is 18.0 Å². The lowest BCUT2D eigenvalue weighted by molar-refractivity contribution is -0.137. The van der Waals surface area contributed by atoms with Gasteiger partial charge in [0.1, 0.15) is 5.75 Å². The molecular weight excluding hydrogens is 453 g/mol. The van der Waals surface area contributed by atoms with Crippen molar-refractivity contribution in [2.45, 2.75) is 84.2 Å². The number of ether oxygens (including phenoxy) is 1. The predicted octanol–water partition coefficient (Wildman–Crippen LogP) is 7.39. The number of hydrazone groups is 1. The average Bonchev–Trinajstić information content (AvgIpc) is 2.81. The van der Waals surface area contributed by atoms with Crippen LogP contribution in [0.2, 0.25) is 0 Å². The van der Waals surface area contributed by atoms with Gasteiger partial charge in [0.2, 0.25) is 5.91 Å². The molecule has 0 atom stereocenters. The summed E-state index contributed by atoms with van der Waals surface area (Å²) in [7, 11) is 0. The third kappa shape index (κ3) is 7.84. The summed E-state index contributed by atoms with van der Waals surface area (Å²) >= 11 is 0. The van der Waals surface area contributed by atoms with E-state index in [-0.39, 0.29) is 28.7 Å². The second-order valence-electron chi connectivity index (χ2n) is 10.0. The van der Waals surface area contributed by atoms with Gasteiger partial charge in [0.25, 0.3) is 0 Å². The van der Waals surface area contributed by atoms with Gasteiger partial charge in [-0.3, -0.25) is 4.79 Å². The van der Waals surface area contributed by atoms with E-state index in [2.05, 4.69) is 64.2 Å². The van der Waals surface area contributed by atoms with E-state index in [4.69, 9.17) is 4.74 Å². The summed E-state index contributed by atoms with van der Waals surface area (Å²) in [5, 5.41) is 3.69. The molecular formula is C28H37F3N2O2. The number of carbonyl (C=O) groups excluding carboxylic acids is 1. The molecule has 0 spiro atoms. The van der Waals surface area contributed by atoms with Gasteiger partial charge in [-0.15, -0.1) is 0 Å². The molecule has 2 aromatic carbocycles. The molecule has 0 bridgehead atoms. The summed E-state index contributed by atoms with van der Waals surface area (Å²) < 4.78 is 45.2. The highest BCUT2D eigenvalue weighted by atomic mass is 19.4. The minimum atomic E-state index is -4.49. The van der Waals surface area contributed by atoms with Crippen LogP contribution in [0.1, 0.15) is 89.5 Å². The minimum absolute atomic E-state index is 0.0615. The molecule has 0 radical (unpaired) electrons. The molecule has 1 amide bonds. The van der Waals surface area contributed by atoms with E-state index < -0.39 is 11.7 Å². The first-order chi connectivity index (χ1) is 16.3. The summed E-state index contributed by atoms with van der Waals surface area (Å²) in [6.45, 7) is 13.5. The molecule has 0 fully saturated rings. The van der Waals surface area contributed by atoms with E-state index in [1.807, 2.05) is 6.07 Å². The van der Waals surface area contributed by atoms with E-state index in [1.54, 1.807) is 0 Å². The number of rotatable bonds is 11. The molecule has 0 aromatic heterocycles. The maximum atomic E-state index is 13.0. The SMILES string of the molecule is CCC(C)(C)c1ccc(OCCCC(=O)NN=Cc2ccccc2C(F)(F)F)c(C(C)(C)CC)c1. The number of nitrogens with zero attached hydrogens (tertiary/aromatic N) is 1. The third-order valence-corrected chi connectivity index (χ3v) is 6.72. The van der Waals surface area contributed by atoms with Crippen LogP contribution in [0.15, 0.2) is 47.6 Å². The first-order valence-corrected chi connectivity index (χ1v) is 12.1. The Labute approximate surface area is 207 Å². The molecule has 0 aliphatic carbocycles. The van der Waals surface area contributed by atoms with Crippen LogP contribution >= 0.6 is 0 Å². The van der Waals surface area contributed by atoms with Crippen LogP contribution in [0.3, 0.4) is 0 Å². The lowest BCUT2D eigenvalue weighted by atomic mass is 9.76. The lowest BCUT2D eigenvalue weighted by Gasteiger charge is -2.30. The van der Waals surface area contributed by atoms with Gasteiger partial charge in [0, 0.05) is 17.5 Å². The van der Waals surface area contributed by atoms with Crippen LogP contribution in [0, 0.1) is 0 Å². The number of carbonyl (C=O) groups is 1. The van der Waals surface area contributed by atoms with Crippen molar-refractivity contribution < 1.29 is 22.7 Å². The zero-order chi connectivity index (χ0) is 26.3. The Morgan fingerprint density at radius 3 is 2.26 bits per heavy atom. The molecule has 0 saturated carbocycles. The van der Waals surface area contributed by atoms with Gasteiger partial charge in [-0.05, 0) is 47.8 Å². The molecule has 7 heteroatoms. The van der Waals surface area contributed by atoms with E-state index in [0.717, 1.165) is 36.4 Å². The minimum Gasteiger partial charge on any atom is -0.493 e. The highest BCUT2D eigenvalue weighted by Crippen LogP contribution is 2.38. The topological polar surface area (TPSA) is 50.7 Å². The number of alkyl halides is 3. The van der Waals surface area contributed by atoms with Gasteiger partial charge in [0.05, 0.1) is 18.4 Å². The fourth-order valence-electron chi connectivity index (χ4n) is 3.51. The Morgan fingerprint density at radius 1 is 0.971 bits per heavy atom. The smallest absolute Gasteiger partial charge is 0.417 e. The van der Waals surface area contributed by atoms with E-state index in [1.165, 1.54) is 23.8 Å². The summed E-state index contributed by atoms with van der Waals surface area (Å²) in [4.78, 5) is 12.1. The number of hydrogen-bond acceptors (Lipinski definition) is 3. The van der Waals surface area contributed by atoms with Crippen molar-refractivity contribution in [2.24, 2.45) is 5.10 Å². The maximum Gasteiger partial charge on any atom is 0.417 e. The Morgan fingerprint density at radius 2 is 1.63 bits per heavy atom. The first-order valence-electron chi connectivity index (χ1n) is 12.1. The molecule has 0 saturated heterocycles. The van der Waals surface area contributed by atoms with Crippen molar-refractivity contribution in [2.75, 3.05) is 6.61 Å². The van der Waals surface area contributed by atoms with Crippen LogP contribution < -0.4 is 10.2 Å². The van der Waals surface area contributed by atoms with Crippen molar-refractivity contribution >= 4 is 12.1 Å². The van der Waals surface area contributed by atoms with Crippen LogP contribution in [0.4, 0.5) is 13.2 Å². The summed E-state index contributed by atoms with van der Waals surface area (Å²) in [6.07, 6.45) is -0.897. The van der Waals surface area contributed by atoms with Crippen LogP contribution in [0.5, 0.6) is 5.75 Å². The van der Waals surface area contributed by atoms with Gasteiger partial charge in [-0.1, -0.05) is 71.9 Å². The quantitative estimate of drug-likeness (QED) is 0.203. The maximum absolute atomic E-state index is 13.0. The van der Waals surface area contributed by atoms with Crippen LogP contribution in [0.25, 0.3) is 0 Å². The third-order valence-electron chi connectivity index (χ3n) is 6.72. The summed E-state index contributed by atoms with van der Waals surface area (Å²) in [6, 6.07) is 11.4. The van der Waals surface area contributed by atoms with Crippen molar-refractivity contribution in [1.82, 2.24) is 5.43 Å². The fraction of sp³-hybridized carbons (Fsp3) is 0.500. The standard InChI is InChI=1S/C28H37F3N2O2/c1-7-26(3,4)21-15-16-24(23(18-21)27(5,6)8-2)35-17-11-14-25(34)33-32-19-20-12-9-10-13-22(20)28(29,30)31/h9-10,12-13,15-16,18-19H,7-8,11,14,17H2,1-6H3,(H,33,34). The Bertz CT molecular complexity index is 1030. The second kappa shape index (κ2) is 11.7. The van der Waals surface area contributed by atoms with Crippen molar-refractivity contribution in [1.29, 1.82) is 0 Å². The van der Waals surface area contributed by atoms with Gasteiger partial charge >= 0.3 is 6.18 Å². The summed E-state index contributed by atoms with van der Waals surface area (Å²) in [5.41, 5.74) is 3.81. The normalized spacial score (nSPS) is 12.7. The summed E-state index contributed by atoms with van der Waals surface area (Å²) in [5.74, 6) is 0.429. The van der Waals surface area contributed by atoms with Crippen LogP contribution in [-0.4, -0.2) is 18.7 Å². The molecule has 0 unspecified atom stereocenters. The highest BCUT2D eigenvalue weighted by molar-refractivity contribution is 5.84. The fourth-order valence-corrected chi connectivity index (χ4v) is 3.51. The Balaban J connectivity index is 1.96. The second-order valence-corrected chi connectivity index (χ2v) is 10.0. The first kappa shape index (κ1) is 28.4. The molecule has 1 N–H and O–H groups in total. The molecule has 35 heavy (non-hydrogen) atoms. The molecule has 0 aliphatic rings. The largest absolute Gasteiger partial charge is 0.493 e. The highest BCUT2D eigenvalue weighted by Gasteiger charge is 2.32. The van der Waals surface area contributed by atoms with Gasteiger partial charge < -0.3 is 4.74 Å². The zero-order valence-electron chi connectivity index (χ0n) is 21.6. The van der Waals surface area contributed by atoms with E-state index in [0.29, 0.717) is 13.0 Å². The van der Waals surface area contributed by atoms with Gasteiger partial charge in [-0.25, -0.2) is 5.43 Å². The molecule has 0 heterocycles. The molecule has 2 aromatic rings. The Hall–Kier alpha value is -2.83. The van der Waals surface area contributed by atoms with Crippen molar-refractivity contribution in [3.63, 3.8) is 0 Å². The number of hydrogen-bond donors (Lipinski definition) is 1. The van der Waals surface area contributed by atoms with Crippen LogP contribution in [-0.2, 0) is 21.8 Å². The van der Waals surface area contributed by atoms with Crippen molar-refractivity contribution in [3.8, 4) is 5.75 Å². The van der Waals surface area contributed by atoms with Crippen molar-refractivity contribution in [3.05, 3.63) is 64.7 Å². The molecule has 192 valence electrons. The molecule has 4 nitrogen and oxygen atoms in total. The number of nitrogens with one attached hydrogen (secondary N) is 1. The average molecular weight is 491 g/mol. The molecule has 2 rings (SSSR count). The van der Waals surface area contributed by atoms with E-state index >= 15 is 0 Å². The number of benzene rings is 2.